The Labute approximate surface area is 247 Å². The number of benzene rings is 6. The lowest BCUT2D eigenvalue weighted by Crippen LogP contribution is -1.93. The van der Waals surface area contributed by atoms with Gasteiger partial charge < -0.3 is 0 Å². The van der Waals surface area contributed by atoms with Crippen molar-refractivity contribution in [1.29, 1.82) is 0 Å². The molecule has 192 valence electrons. The summed E-state index contributed by atoms with van der Waals surface area (Å²) < 4.78 is 0. The Bertz CT molecular complexity index is 2110. The van der Waals surface area contributed by atoms with Crippen LogP contribution in [0.15, 0.2) is 146 Å². The molecule has 42 heavy (non-hydrogen) atoms. The van der Waals surface area contributed by atoms with E-state index in [0.29, 0.717) is 0 Å². The normalized spacial score (nSPS) is 9.62. The van der Waals surface area contributed by atoms with Crippen molar-refractivity contribution in [3.63, 3.8) is 0 Å². The fourth-order valence-corrected chi connectivity index (χ4v) is 4.51. The second-order valence-corrected chi connectivity index (χ2v) is 9.57. The molecule has 6 aromatic carbocycles. The number of rotatable bonds is 0. The average molecular weight is 529 g/mol. The van der Waals surface area contributed by atoms with Crippen LogP contribution in [-0.4, -0.2) is 0 Å². The van der Waals surface area contributed by atoms with Gasteiger partial charge in [0.25, 0.3) is 0 Å². The molecule has 0 heteroatoms. The molecule has 0 bridgehead atoms. The molecule has 6 rings (SSSR count). The van der Waals surface area contributed by atoms with Gasteiger partial charge in [0.1, 0.15) is 0 Å². The monoisotopic (exact) mass is 528 g/mol. The third kappa shape index (κ3) is 6.51. The SMILES string of the molecule is C(#Cc1cc(C#Cc2ccccc2)c2c(C#Cc3ccccc3)c(C#Cc3ccccc3)ccc2c1)c1ccccc1. The summed E-state index contributed by atoms with van der Waals surface area (Å²) in [6.45, 7) is 0. The van der Waals surface area contributed by atoms with E-state index in [2.05, 4.69) is 71.6 Å². The second kappa shape index (κ2) is 12.8. The summed E-state index contributed by atoms with van der Waals surface area (Å²) in [5.74, 6) is 27.0. The highest BCUT2D eigenvalue weighted by Gasteiger charge is 2.10. The highest BCUT2D eigenvalue weighted by molar-refractivity contribution is 5.96. The van der Waals surface area contributed by atoms with Crippen LogP contribution in [0.3, 0.4) is 0 Å². The molecule has 0 aliphatic carbocycles. The lowest BCUT2D eigenvalue weighted by atomic mass is 9.93. The molecular weight excluding hydrogens is 504 g/mol. The second-order valence-electron chi connectivity index (χ2n) is 9.57. The first-order valence-corrected chi connectivity index (χ1v) is 13.7. The summed E-state index contributed by atoms with van der Waals surface area (Å²) in [6, 6.07) is 48.4. The molecule has 0 saturated heterocycles. The first kappa shape index (κ1) is 26.1. The molecule has 0 atom stereocenters. The molecule has 0 fully saturated rings. The zero-order valence-electron chi connectivity index (χ0n) is 22.9. The quantitative estimate of drug-likeness (QED) is 0.174. The zero-order chi connectivity index (χ0) is 28.4. The van der Waals surface area contributed by atoms with Gasteiger partial charge in [-0.05, 0) is 72.1 Å². The van der Waals surface area contributed by atoms with Crippen molar-refractivity contribution in [2.24, 2.45) is 0 Å². The lowest BCUT2D eigenvalue weighted by molar-refractivity contribution is 1.58. The van der Waals surface area contributed by atoms with Gasteiger partial charge in [0.15, 0.2) is 0 Å². The van der Waals surface area contributed by atoms with Crippen LogP contribution < -0.4 is 0 Å². The highest BCUT2D eigenvalue weighted by Crippen LogP contribution is 2.27. The predicted octanol–water partition coefficient (Wildman–Crippen LogP) is 8.44. The summed E-state index contributed by atoms with van der Waals surface area (Å²) in [5, 5.41) is 2.00. The largest absolute Gasteiger partial charge is 0.0622 e. The fourth-order valence-electron chi connectivity index (χ4n) is 4.51. The Morgan fingerprint density at radius 3 is 1.19 bits per heavy atom. The molecule has 0 amide bonds. The minimum Gasteiger partial charge on any atom is -0.0622 e. The van der Waals surface area contributed by atoms with E-state index in [4.69, 9.17) is 0 Å². The van der Waals surface area contributed by atoms with Crippen LogP contribution in [0.2, 0.25) is 0 Å². The van der Waals surface area contributed by atoms with E-state index in [1.165, 1.54) is 0 Å². The van der Waals surface area contributed by atoms with Gasteiger partial charge in [0, 0.05) is 49.9 Å². The van der Waals surface area contributed by atoms with Crippen LogP contribution >= 0.6 is 0 Å². The average Bonchev–Trinajstić information content (AvgIpc) is 3.06. The molecule has 0 saturated carbocycles. The Morgan fingerprint density at radius 1 is 0.286 bits per heavy atom. The highest BCUT2D eigenvalue weighted by atomic mass is 14.1. The number of fused-ring (bicyclic) bond motifs is 1. The van der Waals surface area contributed by atoms with Gasteiger partial charge in [0.05, 0.1) is 0 Å². The number of hydrogen-bond donors (Lipinski definition) is 0. The lowest BCUT2D eigenvalue weighted by Gasteiger charge is -2.08. The van der Waals surface area contributed by atoms with Gasteiger partial charge in [-0.15, -0.1) is 0 Å². The van der Waals surface area contributed by atoms with Gasteiger partial charge in [-0.1, -0.05) is 126 Å². The Hall–Kier alpha value is -6.18. The van der Waals surface area contributed by atoms with Crippen LogP contribution in [0, 0.1) is 47.4 Å². The maximum atomic E-state index is 3.47. The first-order chi connectivity index (χ1) is 20.8. The van der Waals surface area contributed by atoms with E-state index in [9.17, 15) is 0 Å². The van der Waals surface area contributed by atoms with Crippen LogP contribution in [0.4, 0.5) is 0 Å². The van der Waals surface area contributed by atoms with Crippen LogP contribution in [0.1, 0.15) is 44.5 Å². The van der Waals surface area contributed by atoms with Gasteiger partial charge in [0.2, 0.25) is 0 Å². The predicted molar refractivity (Wildman–Crippen MR) is 174 cm³/mol. The minimum atomic E-state index is 0.861. The maximum absolute atomic E-state index is 3.47. The first-order valence-electron chi connectivity index (χ1n) is 13.7. The molecule has 0 aromatic heterocycles. The molecule has 0 aliphatic rings. The van der Waals surface area contributed by atoms with Crippen molar-refractivity contribution in [2.45, 2.75) is 0 Å². The van der Waals surface area contributed by atoms with Gasteiger partial charge >= 0.3 is 0 Å². The van der Waals surface area contributed by atoms with Gasteiger partial charge in [-0.3, -0.25) is 0 Å². The summed E-state index contributed by atoms with van der Waals surface area (Å²) in [6.07, 6.45) is 0. The zero-order valence-corrected chi connectivity index (χ0v) is 22.9. The van der Waals surface area contributed by atoms with Crippen molar-refractivity contribution >= 4 is 10.8 Å². The summed E-state index contributed by atoms with van der Waals surface area (Å²) in [5.41, 5.74) is 7.30. The van der Waals surface area contributed by atoms with Crippen molar-refractivity contribution in [3.05, 3.63) is 190 Å². The molecule has 0 N–H and O–H groups in total. The Kier molecular flexibility index (Phi) is 7.93. The topological polar surface area (TPSA) is 0 Å². The molecule has 6 aromatic rings. The minimum absolute atomic E-state index is 0.861. The molecule has 0 nitrogen and oxygen atoms in total. The van der Waals surface area contributed by atoms with E-state index >= 15 is 0 Å². The molecule has 0 aliphatic heterocycles. The molecule has 0 spiro atoms. The summed E-state index contributed by atoms with van der Waals surface area (Å²) in [7, 11) is 0. The van der Waals surface area contributed by atoms with E-state index in [1.54, 1.807) is 0 Å². The Balaban J connectivity index is 1.58. The molecular formula is C42H24. The van der Waals surface area contributed by atoms with E-state index in [1.807, 2.05) is 121 Å². The van der Waals surface area contributed by atoms with Gasteiger partial charge in [-0.2, -0.15) is 0 Å². The van der Waals surface area contributed by atoms with E-state index < -0.39 is 0 Å². The molecule has 0 radical (unpaired) electrons. The molecule has 0 heterocycles. The third-order valence-electron chi connectivity index (χ3n) is 6.58. The fraction of sp³-hybridized carbons (Fsp3) is 0. The van der Waals surface area contributed by atoms with E-state index in [0.717, 1.165) is 55.3 Å². The maximum Gasteiger partial charge on any atom is 0.0496 e. The standard InChI is InChI=1S/C42H24/c1-5-13-33(14-6-1)21-22-37-31-39(27-24-35-17-9-3-10-18-35)42-40(32-37)29-28-38(26-23-34-15-7-2-8-16-34)41(42)30-25-36-19-11-4-12-20-36/h1-20,28-29,31-32H. The van der Waals surface area contributed by atoms with Crippen molar-refractivity contribution < 1.29 is 0 Å². The van der Waals surface area contributed by atoms with Crippen LogP contribution in [0.5, 0.6) is 0 Å². The smallest absolute Gasteiger partial charge is 0.0496 e. The van der Waals surface area contributed by atoms with Crippen LogP contribution in [0.25, 0.3) is 10.8 Å². The number of hydrogen-bond acceptors (Lipinski definition) is 0. The third-order valence-corrected chi connectivity index (χ3v) is 6.58. The van der Waals surface area contributed by atoms with Crippen molar-refractivity contribution in [3.8, 4) is 47.4 Å². The Morgan fingerprint density at radius 2 is 0.690 bits per heavy atom. The van der Waals surface area contributed by atoms with E-state index in [-0.39, 0.29) is 0 Å². The summed E-state index contributed by atoms with van der Waals surface area (Å²) in [4.78, 5) is 0. The van der Waals surface area contributed by atoms with Crippen molar-refractivity contribution in [2.75, 3.05) is 0 Å². The van der Waals surface area contributed by atoms with Crippen molar-refractivity contribution in [1.82, 2.24) is 0 Å². The van der Waals surface area contributed by atoms with Crippen LogP contribution in [-0.2, 0) is 0 Å². The van der Waals surface area contributed by atoms with Gasteiger partial charge in [-0.25, -0.2) is 0 Å². The molecule has 0 unspecified atom stereocenters. The summed E-state index contributed by atoms with van der Waals surface area (Å²) >= 11 is 0.